The molecule has 1 aliphatic rings. The van der Waals surface area contributed by atoms with E-state index in [2.05, 4.69) is 10.1 Å². The zero-order valence-electron chi connectivity index (χ0n) is 20.5. The first-order valence-corrected chi connectivity index (χ1v) is 11.6. The second kappa shape index (κ2) is 10.4. The fourth-order valence-electron chi connectivity index (χ4n) is 4.34. The van der Waals surface area contributed by atoms with Crippen molar-refractivity contribution in [1.82, 2.24) is 4.98 Å². The van der Waals surface area contributed by atoms with Gasteiger partial charge in [-0.2, -0.15) is 10.1 Å². The number of benzene rings is 2. The molecular weight excluding hydrogens is 464 g/mol. The molecule has 1 amide bonds. The molecule has 186 valence electrons. The van der Waals surface area contributed by atoms with E-state index >= 15 is 0 Å². The fourth-order valence-corrected chi connectivity index (χ4v) is 4.34. The normalized spacial score (nSPS) is 17.1. The van der Waals surface area contributed by atoms with Gasteiger partial charge in [0.05, 0.1) is 24.2 Å². The molecule has 4 rings (SSSR count). The van der Waals surface area contributed by atoms with Crippen molar-refractivity contribution >= 4 is 23.1 Å². The number of carbonyl (C=O) groups excluding carboxylic acids is 2. The summed E-state index contributed by atoms with van der Waals surface area (Å²) in [5, 5.41) is 5.59. The molecule has 3 atom stereocenters. The lowest BCUT2D eigenvalue weighted by Gasteiger charge is -2.17. The number of anilines is 1. The van der Waals surface area contributed by atoms with Crippen molar-refractivity contribution in [2.24, 2.45) is 11.0 Å². The van der Waals surface area contributed by atoms with E-state index in [1.54, 1.807) is 50.6 Å². The van der Waals surface area contributed by atoms with Crippen LogP contribution in [0.1, 0.15) is 36.7 Å². The van der Waals surface area contributed by atoms with Crippen LogP contribution < -0.4 is 9.75 Å². The molecule has 0 aliphatic carbocycles. The van der Waals surface area contributed by atoms with Crippen LogP contribution >= 0.6 is 0 Å². The van der Waals surface area contributed by atoms with Gasteiger partial charge >= 0.3 is 0 Å². The molecule has 0 saturated carbocycles. The molecule has 36 heavy (non-hydrogen) atoms. The van der Waals surface area contributed by atoms with E-state index in [4.69, 9.17) is 4.74 Å². The second-order valence-electron chi connectivity index (χ2n) is 8.85. The summed E-state index contributed by atoms with van der Waals surface area (Å²) in [5.41, 5.74) is 3.87. The molecular formula is C28H27F2N3O3. The van der Waals surface area contributed by atoms with Crippen LogP contribution in [0.2, 0.25) is 0 Å². The molecule has 2 aromatic carbocycles. The number of Topliss-reactive ketones (excluding diaryl/α,β-unsaturated/α-hetero) is 1. The summed E-state index contributed by atoms with van der Waals surface area (Å²) in [4.78, 5) is 30.9. The lowest BCUT2D eigenvalue weighted by atomic mass is 9.93. The number of nitrogens with zero attached hydrogens (tertiary/aromatic N) is 3. The Morgan fingerprint density at radius 1 is 1.11 bits per heavy atom. The van der Waals surface area contributed by atoms with Crippen LogP contribution in [0, 0.1) is 12.8 Å². The fraction of sp³-hybridized carbons (Fsp3) is 0.286. The molecule has 0 N–H and O–H groups in total. The van der Waals surface area contributed by atoms with Gasteiger partial charge in [-0.25, -0.2) is 8.78 Å². The summed E-state index contributed by atoms with van der Waals surface area (Å²) in [6.45, 7) is 4.71. The molecule has 3 unspecified atom stereocenters. The highest BCUT2D eigenvalue weighted by Gasteiger charge is 2.39. The Morgan fingerprint density at radius 2 is 1.89 bits per heavy atom. The monoisotopic (exact) mass is 491 g/mol. The molecule has 0 radical (unpaired) electrons. The Labute approximate surface area is 208 Å². The highest BCUT2D eigenvalue weighted by Crippen LogP contribution is 2.36. The van der Waals surface area contributed by atoms with Crippen molar-refractivity contribution in [2.45, 2.75) is 39.5 Å². The van der Waals surface area contributed by atoms with Gasteiger partial charge in [0.15, 0.2) is 12.0 Å². The van der Waals surface area contributed by atoms with Crippen LogP contribution in [-0.2, 0) is 16.0 Å². The van der Waals surface area contributed by atoms with Crippen molar-refractivity contribution in [3.8, 4) is 17.0 Å². The van der Waals surface area contributed by atoms with Crippen molar-refractivity contribution < 1.29 is 23.1 Å². The van der Waals surface area contributed by atoms with Crippen LogP contribution in [0.25, 0.3) is 11.3 Å². The highest BCUT2D eigenvalue weighted by atomic mass is 19.2. The van der Waals surface area contributed by atoms with Gasteiger partial charge in [0, 0.05) is 18.2 Å². The van der Waals surface area contributed by atoms with Crippen molar-refractivity contribution in [3.05, 3.63) is 77.5 Å². The number of aromatic nitrogens is 1. The first-order chi connectivity index (χ1) is 17.2. The summed E-state index contributed by atoms with van der Waals surface area (Å²) in [5.74, 6) is -1.30. The molecule has 8 heteroatoms. The maximum atomic E-state index is 14.1. The van der Waals surface area contributed by atoms with Gasteiger partial charge in [0.2, 0.25) is 0 Å². The topological polar surface area (TPSA) is 71.9 Å². The molecule has 3 aromatic rings. The number of amides is 1. The van der Waals surface area contributed by atoms with Crippen molar-refractivity contribution in [3.63, 3.8) is 0 Å². The van der Waals surface area contributed by atoms with Gasteiger partial charge in [-0.1, -0.05) is 30.3 Å². The first-order valence-electron chi connectivity index (χ1n) is 11.6. The Morgan fingerprint density at radius 3 is 2.58 bits per heavy atom. The number of methoxy groups -OCH3 is 1. The third kappa shape index (κ3) is 4.89. The Hall–Kier alpha value is -3.94. The van der Waals surface area contributed by atoms with E-state index in [9.17, 15) is 18.4 Å². The highest BCUT2D eigenvalue weighted by molar-refractivity contribution is 6.27. The molecule has 0 bridgehead atoms. The zero-order valence-corrected chi connectivity index (χ0v) is 20.5. The SMILES string of the molecule is COc1ccc(N2N=C(C)C(C(=O)Cc3cccc(C(F)C(C)F)c3)C2=O)cc1-c1ncccc1C. The van der Waals surface area contributed by atoms with Crippen LogP contribution in [0.15, 0.2) is 65.9 Å². The maximum absolute atomic E-state index is 14.1. The number of hydrogen-bond donors (Lipinski definition) is 0. The van der Waals surface area contributed by atoms with Crippen LogP contribution in [0.4, 0.5) is 14.5 Å². The van der Waals surface area contributed by atoms with Gasteiger partial charge in [-0.15, -0.1) is 0 Å². The predicted octanol–water partition coefficient (Wildman–Crippen LogP) is 5.58. The molecule has 1 aliphatic heterocycles. The van der Waals surface area contributed by atoms with E-state index in [0.717, 1.165) is 12.5 Å². The van der Waals surface area contributed by atoms with Gasteiger partial charge < -0.3 is 4.74 Å². The van der Waals surface area contributed by atoms with Gasteiger partial charge in [-0.3, -0.25) is 14.6 Å². The summed E-state index contributed by atoms with van der Waals surface area (Å²) in [7, 11) is 1.56. The number of rotatable bonds is 8. The minimum absolute atomic E-state index is 0.0979. The van der Waals surface area contributed by atoms with Crippen LogP contribution in [0.3, 0.4) is 0 Å². The smallest absolute Gasteiger partial charge is 0.263 e. The van der Waals surface area contributed by atoms with E-state index in [0.29, 0.717) is 34.0 Å². The van der Waals surface area contributed by atoms with E-state index in [1.165, 1.54) is 17.1 Å². The second-order valence-corrected chi connectivity index (χ2v) is 8.85. The summed E-state index contributed by atoms with van der Waals surface area (Å²) < 4.78 is 33.0. The minimum atomic E-state index is -1.78. The Kier molecular flexibility index (Phi) is 7.24. The molecule has 0 spiro atoms. The summed E-state index contributed by atoms with van der Waals surface area (Å²) in [6.07, 6.45) is -1.86. The van der Waals surface area contributed by atoms with E-state index < -0.39 is 24.2 Å². The van der Waals surface area contributed by atoms with Gasteiger partial charge in [-0.05, 0) is 61.7 Å². The van der Waals surface area contributed by atoms with E-state index in [-0.39, 0.29) is 17.8 Å². The Balaban J connectivity index is 1.59. The van der Waals surface area contributed by atoms with E-state index in [1.807, 2.05) is 19.1 Å². The Bertz CT molecular complexity index is 1340. The van der Waals surface area contributed by atoms with Crippen molar-refractivity contribution in [1.29, 1.82) is 0 Å². The number of hydrazone groups is 1. The molecule has 1 aromatic heterocycles. The first kappa shape index (κ1) is 25.2. The summed E-state index contributed by atoms with van der Waals surface area (Å²) >= 11 is 0. The molecule has 0 saturated heterocycles. The summed E-state index contributed by atoms with van der Waals surface area (Å²) in [6, 6.07) is 15.1. The zero-order chi connectivity index (χ0) is 26.0. The number of halogens is 2. The third-order valence-corrected chi connectivity index (χ3v) is 6.20. The van der Waals surface area contributed by atoms with Gasteiger partial charge in [0.25, 0.3) is 5.91 Å². The number of alkyl halides is 2. The lowest BCUT2D eigenvalue weighted by Crippen LogP contribution is -2.33. The largest absolute Gasteiger partial charge is 0.496 e. The average molecular weight is 492 g/mol. The number of carbonyl (C=O) groups is 2. The predicted molar refractivity (Wildman–Crippen MR) is 135 cm³/mol. The number of ether oxygens (including phenoxy) is 1. The minimum Gasteiger partial charge on any atom is -0.496 e. The van der Waals surface area contributed by atoms with Gasteiger partial charge in [0.1, 0.15) is 17.8 Å². The standard InChI is InChI=1S/C28H27F2N3O3/c1-16-7-6-12-31-27(16)22-15-21(10-11-24(22)36-4)33-28(35)25(18(3)32-33)23(34)14-19-8-5-9-20(13-19)26(30)17(2)29/h5-13,15,17,25-26H,14H2,1-4H3. The molecule has 0 fully saturated rings. The molecule has 2 heterocycles. The maximum Gasteiger partial charge on any atom is 0.263 e. The number of hydrogen-bond acceptors (Lipinski definition) is 5. The number of aryl methyl sites for hydroxylation is 1. The van der Waals surface area contributed by atoms with Crippen LogP contribution in [-0.4, -0.2) is 35.7 Å². The quantitative estimate of drug-likeness (QED) is 0.386. The molecule has 6 nitrogen and oxygen atoms in total. The lowest BCUT2D eigenvalue weighted by molar-refractivity contribution is -0.128. The third-order valence-electron chi connectivity index (χ3n) is 6.20. The van der Waals surface area contributed by atoms with Crippen molar-refractivity contribution in [2.75, 3.05) is 12.1 Å². The number of pyridine rings is 1. The van der Waals surface area contributed by atoms with Crippen LogP contribution in [0.5, 0.6) is 5.75 Å². The average Bonchev–Trinajstić information content (AvgIpc) is 3.17. The number of ketones is 1.